The van der Waals surface area contributed by atoms with Crippen molar-refractivity contribution in [3.05, 3.63) is 41.6 Å². The fraction of sp³-hybridized carbons (Fsp3) is 0.0833. The number of amides is 1. The molecule has 2 rings (SSSR count). The van der Waals surface area contributed by atoms with Crippen LogP contribution in [-0.2, 0) is 0 Å². The van der Waals surface area contributed by atoms with Gasteiger partial charge in [0.05, 0.1) is 17.0 Å². The van der Waals surface area contributed by atoms with Gasteiger partial charge in [0.2, 0.25) is 5.95 Å². The van der Waals surface area contributed by atoms with Gasteiger partial charge in [-0.05, 0) is 6.92 Å². The summed E-state index contributed by atoms with van der Waals surface area (Å²) >= 11 is 0. The van der Waals surface area contributed by atoms with Crippen LogP contribution in [0.5, 0.6) is 0 Å². The van der Waals surface area contributed by atoms with Crippen LogP contribution in [0.2, 0.25) is 0 Å². The molecule has 0 unspecified atom stereocenters. The third-order valence-corrected chi connectivity index (χ3v) is 2.40. The van der Waals surface area contributed by atoms with E-state index >= 15 is 0 Å². The number of primary amides is 1. The molecule has 0 bridgehead atoms. The van der Waals surface area contributed by atoms with E-state index in [1.165, 1.54) is 0 Å². The molecule has 1 aromatic carbocycles. The highest BCUT2D eigenvalue weighted by Crippen LogP contribution is 2.23. The molecule has 5 nitrogen and oxygen atoms in total. The van der Waals surface area contributed by atoms with Gasteiger partial charge in [-0.2, -0.15) is 0 Å². The van der Waals surface area contributed by atoms with Crippen molar-refractivity contribution in [3.8, 4) is 11.3 Å². The first-order valence-corrected chi connectivity index (χ1v) is 5.09. The number of hydrogen-bond acceptors (Lipinski definition) is 4. The van der Waals surface area contributed by atoms with Crippen LogP contribution >= 0.6 is 0 Å². The van der Waals surface area contributed by atoms with E-state index in [9.17, 15) is 4.79 Å². The monoisotopic (exact) mass is 228 g/mol. The molecular weight excluding hydrogens is 216 g/mol. The number of nitrogens with zero attached hydrogens (tertiary/aromatic N) is 2. The van der Waals surface area contributed by atoms with Gasteiger partial charge in [0.1, 0.15) is 0 Å². The summed E-state index contributed by atoms with van der Waals surface area (Å²) in [6, 6.07) is 9.27. The fourth-order valence-corrected chi connectivity index (χ4v) is 1.69. The summed E-state index contributed by atoms with van der Waals surface area (Å²) in [6.45, 7) is 1.69. The maximum Gasteiger partial charge on any atom is 0.252 e. The molecule has 17 heavy (non-hydrogen) atoms. The van der Waals surface area contributed by atoms with Crippen LogP contribution in [0.3, 0.4) is 0 Å². The summed E-state index contributed by atoms with van der Waals surface area (Å²) in [5, 5.41) is 0. The molecule has 2 aromatic rings. The lowest BCUT2D eigenvalue weighted by Crippen LogP contribution is -2.17. The lowest BCUT2D eigenvalue weighted by molar-refractivity contribution is 0.0999. The Morgan fingerprint density at radius 2 is 1.82 bits per heavy atom. The molecule has 0 fully saturated rings. The number of carbonyl (C=O) groups is 1. The summed E-state index contributed by atoms with van der Waals surface area (Å²) in [4.78, 5) is 19.5. The largest absolute Gasteiger partial charge is 0.368 e. The molecule has 0 saturated heterocycles. The molecule has 0 spiro atoms. The molecule has 0 aliphatic heterocycles. The van der Waals surface area contributed by atoms with E-state index in [1.54, 1.807) is 6.92 Å². The van der Waals surface area contributed by atoms with Crippen molar-refractivity contribution < 1.29 is 4.79 Å². The maximum atomic E-state index is 11.4. The SMILES string of the molecule is Cc1nc(N)nc(-c2ccccc2)c1C(N)=O. The Balaban J connectivity index is 2.72. The van der Waals surface area contributed by atoms with Crippen LogP contribution in [0.1, 0.15) is 16.1 Å². The highest BCUT2D eigenvalue weighted by molar-refractivity contribution is 6.00. The van der Waals surface area contributed by atoms with Crippen molar-refractivity contribution in [2.45, 2.75) is 6.92 Å². The second-order valence-electron chi connectivity index (χ2n) is 3.62. The third-order valence-electron chi connectivity index (χ3n) is 2.40. The molecule has 0 atom stereocenters. The Bertz CT molecular complexity index is 566. The molecule has 1 aromatic heterocycles. The van der Waals surface area contributed by atoms with Crippen LogP contribution in [0.15, 0.2) is 30.3 Å². The van der Waals surface area contributed by atoms with E-state index < -0.39 is 5.91 Å². The minimum absolute atomic E-state index is 0.131. The first-order valence-electron chi connectivity index (χ1n) is 5.09. The Labute approximate surface area is 98.5 Å². The van der Waals surface area contributed by atoms with Gasteiger partial charge in [0, 0.05) is 5.56 Å². The van der Waals surface area contributed by atoms with Crippen LogP contribution in [0.25, 0.3) is 11.3 Å². The summed E-state index contributed by atoms with van der Waals surface area (Å²) in [6.07, 6.45) is 0. The molecule has 1 heterocycles. The van der Waals surface area contributed by atoms with Crippen molar-refractivity contribution in [2.24, 2.45) is 5.73 Å². The van der Waals surface area contributed by atoms with Crippen LogP contribution in [-0.4, -0.2) is 15.9 Å². The molecule has 0 radical (unpaired) electrons. The number of hydrogen-bond donors (Lipinski definition) is 2. The normalized spacial score (nSPS) is 10.2. The van der Waals surface area contributed by atoms with E-state index in [-0.39, 0.29) is 5.95 Å². The van der Waals surface area contributed by atoms with Gasteiger partial charge in [-0.3, -0.25) is 4.79 Å². The number of aromatic nitrogens is 2. The van der Waals surface area contributed by atoms with Gasteiger partial charge in [-0.25, -0.2) is 9.97 Å². The summed E-state index contributed by atoms with van der Waals surface area (Å²) in [5.41, 5.74) is 13.0. The Hall–Kier alpha value is -2.43. The average molecular weight is 228 g/mol. The molecular formula is C12H12N4O. The van der Waals surface area contributed by atoms with Gasteiger partial charge in [0.25, 0.3) is 5.91 Å². The zero-order valence-electron chi connectivity index (χ0n) is 9.34. The third kappa shape index (κ3) is 2.08. The van der Waals surface area contributed by atoms with Crippen LogP contribution in [0.4, 0.5) is 5.95 Å². The second-order valence-corrected chi connectivity index (χ2v) is 3.62. The number of nitrogens with two attached hydrogens (primary N) is 2. The van der Waals surface area contributed by atoms with Gasteiger partial charge >= 0.3 is 0 Å². The van der Waals surface area contributed by atoms with E-state index in [1.807, 2.05) is 30.3 Å². The van der Waals surface area contributed by atoms with Crippen LogP contribution < -0.4 is 11.5 Å². The topological polar surface area (TPSA) is 94.9 Å². The number of aryl methyl sites for hydroxylation is 1. The molecule has 86 valence electrons. The first-order chi connectivity index (χ1) is 8.09. The van der Waals surface area contributed by atoms with E-state index in [0.717, 1.165) is 5.56 Å². The highest BCUT2D eigenvalue weighted by Gasteiger charge is 2.16. The number of anilines is 1. The number of carbonyl (C=O) groups excluding carboxylic acids is 1. The van der Waals surface area contributed by atoms with E-state index in [2.05, 4.69) is 9.97 Å². The lowest BCUT2D eigenvalue weighted by Gasteiger charge is -2.09. The lowest BCUT2D eigenvalue weighted by atomic mass is 10.0. The van der Waals surface area contributed by atoms with Crippen molar-refractivity contribution in [1.82, 2.24) is 9.97 Å². The standard InChI is InChI=1S/C12H12N4O/c1-7-9(11(13)17)10(16-12(14)15-7)8-5-3-2-4-6-8/h2-6H,1H3,(H2,13,17)(H2,14,15,16). The number of benzene rings is 1. The second kappa shape index (κ2) is 4.21. The van der Waals surface area contributed by atoms with Crippen molar-refractivity contribution in [2.75, 3.05) is 5.73 Å². The zero-order chi connectivity index (χ0) is 12.4. The quantitative estimate of drug-likeness (QED) is 0.805. The smallest absolute Gasteiger partial charge is 0.252 e. The van der Waals surface area contributed by atoms with Crippen LogP contribution in [0, 0.1) is 6.92 Å². The minimum atomic E-state index is -0.554. The predicted octanol–water partition coefficient (Wildman–Crippen LogP) is 1.13. The van der Waals surface area contributed by atoms with Crippen molar-refractivity contribution >= 4 is 11.9 Å². The van der Waals surface area contributed by atoms with Crippen molar-refractivity contribution in [3.63, 3.8) is 0 Å². The van der Waals surface area contributed by atoms with E-state index in [0.29, 0.717) is 17.0 Å². The van der Waals surface area contributed by atoms with E-state index in [4.69, 9.17) is 11.5 Å². The minimum Gasteiger partial charge on any atom is -0.368 e. The Morgan fingerprint density at radius 3 is 2.41 bits per heavy atom. The number of nitrogen functional groups attached to an aromatic ring is 1. The first kappa shape index (κ1) is 11.1. The zero-order valence-corrected chi connectivity index (χ0v) is 9.34. The summed E-state index contributed by atoms with van der Waals surface area (Å²) in [5.74, 6) is -0.423. The molecule has 0 aliphatic rings. The van der Waals surface area contributed by atoms with Gasteiger partial charge in [0.15, 0.2) is 0 Å². The summed E-state index contributed by atoms with van der Waals surface area (Å²) < 4.78 is 0. The molecule has 4 N–H and O–H groups in total. The van der Waals surface area contributed by atoms with Crippen molar-refractivity contribution in [1.29, 1.82) is 0 Å². The average Bonchev–Trinajstić information content (AvgIpc) is 2.28. The molecule has 5 heteroatoms. The fourth-order valence-electron chi connectivity index (χ4n) is 1.69. The summed E-state index contributed by atoms with van der Waals surface area (Å²) in [7, 11) is 0. The Morgan fingerprint density at radius 1 is 1.18 bits per heavy atom. The molecule has 1 amide bonds. The van der Waals surface area contributed by atoms with Gasteiger partial charge < -0.3 is 11.5 Å². The highest BCUT2D eigenvalue weighted by atomic mass is 16.1. The predicted molar refractivity (Wildman–Crippen MR) is 65.1 cm³/mol. The molecule has 0 aliphatic carbocycles. The molecule has 0 saturated carbocycles. The van der Waals surface area contributed by atoms with Gasteiger partial charge in [-0.1, -0.05) is 30.3 Å². The van der Waals surface area contributed by atoms with Gasteiger partial charge in [-0.15, -0.1) is 0 Å². The maximum absolute atomic E-state index is 11.4. The number of rotatable bonds is 2. The Kier molecular flexibility index (Phi) is 2.74.